The number of hydrogen-bond acceptors (Lipinski definition) is 4. The molecule has 0 radical (unpaired) electrons. The summed E-state index contributed by atoms with van der Waals surface area (Å²) in [6, 6.07) is 18.8. The number of aromatic nitrogens is 1. The second-order valence-electron chi connectivity index (χ2n) is 7.45. The van der Waals surface area contributed by atoms with E-state index in [0.29, 0.717) is 55.5 Å². The number of nitrogens with zero attached hydrogens (tertiary/aromatic N) is 3. The van der Waals surface area contributed by atoms with E-state index < -0.39 is 11.7 Å². The zero-order valence-corrected chi connectivity index (χ0v) is 17.3. The van der Waals surface area contributed by atoms with Crippen LogP contribution in [0, 0.1) is 0 Å². The minimum Gasteiger partial charge on any atom is -0.457 e. The molecule has 8 heteroatoms. The third-order valence-electron chi connectivity index (χ3n) is 5.27. The van der Waals surface area contributed by atoms with Gasteiger partial charge in [-0.3, -0.25) is 4.79 Å². The molecule has 1 saturated heterocycles. The first-order valence-electron chi connectivity index (χ1n) is 10.3. The van der Waals surface area contributed by atoms with Gasteiger partial charge >= 0.3 is 6.18 Å². The van der Waals surface area contributed by atoms with Crippen molar-refractivity contribution in [3.05, 3.63) is 84.1 Å². The number of pyridine rings is 1. The predicted octanol–water partition coefficient (Wildman–Crippen LogP) is 5.25. The van der Waals surface area contributed by atoms with Crippen molar-refractivity contribution in [1.82, 2.24) is 9.88 Å². The summed E-state index contributed by atoms with van der Waals surface area (Å²) in [5.41, 5.74) is -0.305. The van der Waals surface area contributed by atoms with E-state index in [1.807, 2.05) is 41.3 Å². The van der Waals surface area contributed by atoms with Crippen LogP contribution in [0.25, 0.3) is 0 Å². The Balaban J connectivity index is 1.45. The van der Waals surface area contributed by atoms with Crippen molar-refractivity contribution in [3.8, 4) is 11.5 Å². The average Bonchev–Trinajstić information content (AvgIpc) is 3.06. The summed E-state index contributed by atoms with van der Waals surface area (Å²) in [7, 11) is 0. The van der Waals surface area contributed by atoms with Crippen LogP contribution in [0.1, 0.15) is 22.3 Å². The predicted molar refractivity (Wildman–Crippen MR) is 115 cm³/mol. The number of carbonyl (C=O) groups excluding carboxylic acids is 1. The van der Waals surface area contributed by atoms with E-state index in [4.69, 9.17) is 4.74 Å². The molecule has 1 aliphatic rings. The SMILES string of the molecule is O=C(c1ccccc1Oc1ccccc1)N1CCCN(c2ccc(C(F)(F)F)cn2)CC1. The van der Waals surface area contributed by atoms with Crippen molar-refractivity contribution < 1.29 is 22.7 Å². The van der Waals surface area contributed by atoms with E-state index in [9.17, 15) is 18.0 Å². The van der Waals surface area contributed by atoms with E-state index in [0.717, 1.165) is 12.3 Å². The molecule has 0 N–H and O–H groups in total. The van der Waals surface area contributed by atoms with Crippen molar-refractivity contribution >= 4 is 11.7 Å². The van der Waals surface area contributed by atoms with Crippen molar-refractivity contribution in [1.29, 1.82) is 0 Å². The van der Waals surface area contributed by atoms with Crippen LogP contribution in [0.3, 0.4) is 0 Å². The molecule has 0 saturated carbocycles. The molecule has 3 aromatic rings. The molecular weight excluding hydrogens is 419 g/mol. The lowest BCUT2D eigenvalue weighted by atomic mass is 10.1. The van der Waals surface area contributed by atoms with E-state index in [-0.39, 0.29) is 5.91 Å². The summed E-state index contributed by atoms with van der Waals surface area (Å²) in [6.07, 6.45) is -2.89. The fraction of sp³-hybridized carbons (Fsp3) is 0.250. The molecule has 1 aromatic heterocycles. The summed E-state index contributed by atoms with van der Waals surface area (Å²) in [6.45, 7) is 2.05. The van der Waals surface area contributed by atoms with E-state index in [1.165, 1.54) is 6.07 Å². The van der Waals surface area contributed by atoms with Gasteiger partial charge in [-0.05, 0) is 42.8 Å². The van der Waals surface area contributed by atoms with Gasteiger partial charge in [0.2, 0.25) is 0 Å². The quantitative estimate of drug-likeness (QED) is 0.555. The molecule has 1 fully saturated rings. The van der Waals surface area contributed by atoms with Crippen LogP contribution >= 0.6 is 0 Å². The fourth-order valence-electron chi connectivity index (χ4n) is 3.61. The third-order valence-corrected chi connectivity index (χ3v) is 5.27. The molecule has 2 heterocycles. The van der Waals surface area contributed by atoms with E-state index in [2.05, 4.69) is 4.98 Å². The molecule has 2 aromatic carbocycles. The third kappa shape index (κ3) is 5.01. The van der Waals surface area contributed by atoms with Crippen LogP contribution in [0.5, 0.6) is 11.5 Å². The number of alkyl halides is 3. The van der Waals surface area contributed by atoms with Crippen molar-refractivity contribution in [3.63, 3.8) is 0 Å². The molecule has 32 heavy (non-hydrogen) atoms. The normalized spacial score (nSPS) is 14.7. The first kappa shape index (κ1) is 21.7. The second-order valence-corrected chi connectivity index (χ2v) is 7.45. The molecule has 4 rings (SSSR count). The van der Waals surface area contributed by atoms with Crippen LogP contribution in [0.15, 0.2) is 72.9 Å². The molecule has 166 valence electrons. The molecule has 0 aliphatic carbocycles. The van der Waals surface area contributed by atoms with Crippen molar-refractivity contribution in [2.24, 2.45) is 0 Å². The van der Waals surface area contributed by atoms with Gasteiger partial charge in [0.25, 0.3) is 5.91 Å². The number of hydrogen-bond donors (Lipinski definition) is 0. The highest BCUT2D eigenvalue weighted by Gasteiger charge is 2.31. The second kappa shape index (κ2) is 9.30. The maximum absolute atomic E-state index is 13.2. The number of ether oxygens (including phenoxy) is 1. The van der Waals surface area contributed by atoms with Crippen LogP contribution in [0.4, 0.5) is 19.0 Å². The molecular formula is C24H22F3N3O2. The first-order valence-corrected chi connectivity index (χ1v) is 10.3. The number of amides is 1. The van der Waals surface area contributed by atoms with Gasteiger partial charge in [-0.2, -0.15) is 13.2 Å². The van der Waals surface area contributed by atoms with Gasteiger partial charge in [-0.1, -0.05) is 30.3 Å². The van der Waals surface area contributed by atoms with Gasteiger partial charge in [0.1, 0.15) is 17.3 Å². The molecule has 0 atom stereocenters. The highest BCUT2D eigenvalue weighted by atomic mass is 19.4. The lowest BCUT2D eigenvalue weighted by Crippen LogP contribution is -2.35. The Morgan fingerprint density at radius 1 is 0.875 bits per heavy atom. The molecule has 1 amide bonds. The lowest BCUT2D eigenvalue weighted by Gasteiger charge is -2.23. The molecule has 0 spiro atoms. The Kier molecular flexibility index (Phi) is 6.30. The van der Waals surface area contributed by atoms with Crippen LogP contribution in [-0.4, -0.2) is 42.0 Å². The maximum atomic E-state index is 13.2. The van der Waals surface area contributed by atoms with Crippen molar-refractivity contribution in [2.45, 2.75) is 12.6 Å². The molecule has 0 bridgehead atoms. The molecule has 5 nitrogen and oxygen atoms in total. The largest absolute Gasteiger partial charge is 0.457 e. The molecule has 1 aliphatic heterocycles. The Morgan fingerprint density at radius 3 is 2.34 bits per heavy atom. The Morgan fingerprint density at radius 2 is 1.62 bits per heavy atom. The van der Waals surface area contributed by atoms with Gasteiger partial charge in [-0.25, -0.2) is 4.98 Å². The number of para-hydroxylation sites is 2. The summed E-state index contributed by atoms with van der Waals surface area (Å²) in [4.78, 5) is 20.9. The van der Waals surface area contributed by atoms with Gasteiger partial charge in [0.05, 0.1) is 11.1 Å². The minimum absolute atomic E-state index is 0.140. The topological polar surface area (TPSA) is 45.7 Å². The average molecular weight is 441 g/mol. The Labute approximate surface area is 184 Å². The standard InChI is InChI=1S/C24H22F3N3O2/c25-24(26,27)18-11-12-22(28-17-18)29-13-6-14-30(16-15-29)23(31)20-9-4-5-10-21(20)32-19-7-2-1-3-8-19/h1-5,7-12,17H,6,13-16H2. The van der Waals surface area contributed by atoms with Gasteiger partial charge in [0, 0.05) is 32.4 Å². The summed E-state index contributed by atoms with van der Waals surface area (Å²) in [5.74, 6) is 1.45. The van der Waals surface area contributed by atoms with Gasteiger partial charge in [0.15, 0.2) is 0 Å². The van der Waals surface area contributed by atoms with Crippen LogP contribution < -0.4 is 9.64 Å². The highest BCUT2D eigenvalue weighted by molar-refractivity contribution is 5.97. The summed E-state index contributed by atoms with van der Waals surface area (Å²) in [5, 5.41) is 0. The monoisotopic (exact) mass is 441 g/mol. The van der Waals surface area contributed by atoms with Gasteiger partial charge < -0.3 is 14.5 Å². The Hall–Kier alpha value is -3.55. The number of carbonyl (C=O) groups is 1. The van der Waals surface area contributed by atoms with Crippen LogP contribution in [-0.2, 0) is 6.18 Å². The minimum atomic E-state index is -4.41. The number of rotatable bonds is 4. The zero-order valence-electron chi connectivity index (χ0n) is 17.3. The van der Waals surface area contributed by atoms with E-state index in [1.54, 1.807) is 23.1 Å². The fourth-order valence-corrected chi connectivity index (χ4v) is 3.61. The summed E-state index contributed by atoms with van der Waals surface area (Å²) >= 11 is 0. The van der Waals surface area contributed by atoms with Crippen LogP contribution in [0.2, 0.25) is 0 Å². The number of benzene rings is 2. The first-order chi connectivity index (χ1) is 15.4. The maximum Gasteiger partial charge on any atom is 0.417 e. The Bertz CT molecular complexity index is 1060. The zero-order chi connectivity index (χ0) is 22.6. The smallest absolute Gasteiger partial charge is 0.417 e. The van der Waals surface area contributed by atoms with Gasteiger partial charge in [-0.15, -0.1) is 0 Å². The summed E-state index contributed by atoms with van der Waals surface area (Å²) < 4.78 is 44.3. The highest BCUT2D eigenvalue weighted by Crippen LogP contribution is 2.30. The number of anilines is 1. The van der Waals surface area contributed by atoms with E-state index >= 15 is 0 Å². The number of halogens is 3. The molecule has 0 unspecified atom stereocenters. The van der Waals surface area contributed by atoms with Crippen molar-refractivity contribution in [2.75, 3.05) is 31.1 Å². The lowest BCUT2D eigenvalue weighted by molar-refractivity contribution is -0.137.